The van der Waals surface area contributed by atoms with Crippen LogP contribution >= 0.6 is 11.6 Å². The van der Waals surface area contributed by atoms with E-state index in [0.717, 1.165) is 6.26 Å². The first-order chi connectivity index (χ1) is 10.7. The van der Waals surface area contributed by atoms with Gasteiger partial charge < -0.3 is 10.2 Å². The molecule has 8 heteroatoms. The molecule has 1 aliphatic heterocycles. The molecule has 2 amide bonds. The van der Waals surface area contributed by atoms with Gasteiger partial charge in [-0.1, -0.05) is 11.6 Å². The van der Waals surface area contributed by atoms with Gasteiger partial charge in [0.15, 0.2) is 9.84 Å². The number of benzene rings is 1. The minimum Gasteiger partial charge on any atom is -0.349 e. The average Bonchev–Trinajstić information content (AvgIpc) is 2.47. The van der Waals surface area contributed by atoms with Gasteiger partial charge in [0.25, 0.3) is 5.91 Å². The average molecular weight is 359 g/mol. The number of nitrogens with one attached hydrogen (secondary N) is 1. The molecular weight excluding hydrogens is 340 g/mol. The van der Waals surface area contributed by atoms with Crippen molar-refractivity contribution in [1.82, 2.24) is 10.2 Å². The highest BCUT2D eigenvalue weighted by atomic mass is 35.5. The number of likely N-dealkylation sites (tertiary alicyclic amines) is 1. The predicted octanol–water partition coefficient (Wildman–Crippen LogP) is 1.48. The smallest absolute Gasteiger partial charge is 0.251 e. The Morgan fingerprint density at radius 3 is 2.39 bits per heavy atom. The fourth-order valence-electron chi connectivity index (χ4n) is 2.54. The Labute approximate surface area is 140 Å². The number of hydrogen-bond acceptors (Lipinski definition) is 4. The molecule has 6 nitrogen and oxygen atoms in total. The van der Waals surface area contributed by atoms with Gasteiger partial charge in [0.05, 0.1) is 9.92 Å². The molecule has 2 rings (SSSR count). The molecule has 23 heavy (non-hydrogen) atoms. The topological polar surface area (TPSA) is 83.6 Å². The van der Waals surface area contributed by atoms with Gasteiger partial charge in [-0.05, 0) is 31.0 Å². The van der Waals surface area contributed by atoms with Crippen LogP contribution in [0, 0.1) is 0 Å². The molecule has 0 radical (unpaired) electrons. The zero-order valence-corrected chi connectivity index (χ0v) is 14.6. The molecule has 0 unspecified atom stereocenters. The zero-order chi connectivity index (χ0) is 17.2. The van der Waals surface area contributed by atoms with Crippen molar-refractivity contribution in [3.05, 3.63) is 28.8 Å². The number of carbonyl (C=O) groups excluding carboxylic acids is 2. The third kappa shape index (κ3) is 4.45. The fourth-order valence-corrected chi connectivity index (χ4v) is 3.84. The maximum Gasteiger partial charge on any atom is 0.251 e. The number of rotatable bonds is 3. The van der Waals surface area contributed by atoms with Crippen molar-refractivity contribution in [2.45, 2.75) is 30.7 Å². The van der Waals surface area contributed by atoms with E-state index in [-0.39, 0.29) is 33.3 Å². The van der Waals surface area contributed by atoms with Crippen molar-refractivity contribution in [3.63, 3.8) is 0 Å². The van der Waals surface area contributed by atoms with Gasteiger partial charge in [-0.2, -0.15) is 0 Å². The Kier molecular flexibility index (Phi) is 5.31. The first-order valence-electron chi connectivity index (χ1n) is 7.24. The fraction of sp³-hybridized carbons (Fsp3) is 0.467. The molecule has 1 aromatic carbocycles. The number of halogens is 1. The summed E-state index contributed by atoms with van der Waals surface area (Å²) in [5, 5.41) is 2.97. The largest absolute Gasteiger partial charge is 0.349 e. The summed E-state index contributed by atoms with van der Waals surface area (Å²) < 4.78 is 23.3. The Balaban J connectivity index is 2.06. The summed E-state index contributed by atoms with van der Waals surface area (Å²) in [5.41, 5.74) is 0.254. The Hall–Kier alpha value is -1.60. The van der Waals surface area contributed by atoms with Gasteiger partial charge in [0.1, 0.15) is 0 Å². The number of nitrogens with zero attached hydrogens (tertiary/aromatic N) is 1. The van der Waals surface area contributed by atoms with Crippen LogP contribution in [0.1, 0.15) is 30.1 Å². The number of carbonyl (C=O) groups is 2. The highest BCUT2D eigenvalue weighted by Crippen LogP contribution is 2.23. The monoisotopic (exact) mass is 358 g/mol. The van der Waals surface area contributed by atoms with Crippen molar-refractivity contribution in [1.29, 1.82) is 0 Å². The van der Waals surface area contributed by atoms with E-state index in [1.807, 2.05) is 0 Å². The van der Waals surface area contributed by atoms with Crippen LogP contribution in [-0.4, -0.2) is 50.5 Å². The first-order valence-corrected chi connectivity index (χ1v) is 9.51. The molecule has 1 N–H and O–H groups in total. The molecule has 0 aromatic heterocycles. The normalized spacial score (nSPS) is 16.2. The van der Waals surface area contributed by atoms with Crippen LogP contribution in [-0.2, 0) is 14.6 Å². The summed E-state index contributed by atoms with van der Waals surface area (Å²) in [5.74, 6) is -0.307. The molecule has 0 atom stereocenters. The summed E-state index contributed by atoms with van der Waals surface area (Å²) in [7, 11) is -3.50. The van der Waals surface area contributed by atoms with E-state index in [2.05, 4.69) is 5.32 Å². The van der Waals surface area contributed by atoms with Crippen LogP contribution in [0.2, 0.25) is 5.02 Å². The van der Waals surface area contributed by atoms with Crippen LogP contribution < -0.4 is 5.32 Å². The second-order valence-corrected chi connectivity index (χ2v) is 8.06. The summed E-state index contributed by atoms with van der Waals surface area (Å²) >= 11 is 5.87. The molecule has 126 valence electrons. The molecule has 0 saturated carbocycles. The zero-order valence-electron chi connectivity index (χ0n) is 13.0. The minimum absolute atomic E-state index is 0.0320. The second kappa shape index (κ2) is 6.88. The Morgan fingerprint density at radius 1 is 1.26 bits per heavy atom. The lowest BCUT2D eigenvalue weighted by molar-refractivity contribution is -0.129. The standard InChI is InChI=1S/C15H19ClN2O4S/c1-10(19)18-7-5-12(6-8-18)17-15(20)11-3-4-13(16)14(9-11)23(2,21)22/h3-4,9,12H,5-8H2,1-2H3,(H,17,20). The summed E-state index contributed by atoms with van der Waals surface area (Å²) in [6, 6.07) is 4.16. The van der Waals surface area contributed by atoms with Crippen molar-refractivity contribution in [2.75, 3.05) is 19.3 Å². The van der Waals surface area contributed by atoms with Gasteiger partial charge in [-0.25, -0.2) is 8.42 Å². The summed E-state index contributed by atoms with van der Waals surface area (Å²) in [4.78, 5) is 25.3. The lowest BCUT2D eigenvalue weighted by Crippen LogP contribution is -2.46. The second-order valence-electron chi connectivity index (χ2n) is 5.67. The minimum atomic E-state index is -3.50. The van der Waals surface area contributed by atoms with Crippen LogP contribution in [0.3, 0.4) is 0 Å². The summed E-state index contributed by atoms with van der Waals surface area (Å²) in [6.07, 6.45) is 2.41. The molecule has 0 bridgehead atoms. The van der Waals surface area contributed by atoms with E-state index < -0.39 is 9.84 Å². The molecule has 1 saturated heterocycles. The number of piperidine rings is 1. The van der Waals surface area contributed by atoms with Crippen LogP contribution in [0.4, 0.5) is 0 Å². The van der Waals surface area contributed by atoms with Crippen molar-refractivity contribution in [3.8, 4) is 0 Å². The van der Waals surface area contributed by atoms with E-state index >= 15 is 0 Å². The number of hydrogen-bond donors (Lipinski definition) is 1. The molecular formula is C15H19ClN2O4S. The van der Waals surface area contributed by atoms with Crippen molar-refractivity contribution >= 4 is 33.3 Å². The highest BCUT2D eigenvalue weighted by Gasteiger charge is 2.23. The van der Waals surface area contributed by atoms with Gasteiger partial charge >= 0.3 is 0 Å². The van der Waals surface area contributed by atoms with Gasteiger partial charge in [0.2, 0.25) is 5.91 Å². The number of sulfone groups is 1. The quantitative estimate of drug-likeness (QED) is 0.887. The molecule has 1 aliphatic rings. The van der Waals surface area contributed by atoms with Gasteiger partial charge in [0, 0.05) is 37.9 Å². The molecule has 1 aromatic rings. The maximum atomic E-state index is 12.3. The van der Waals surface area contributed by atoms with Crippen LogP contribution in [0.15, 0.2) is 23.1 Å². The Morgan fingerprint density at radius 2 is 1.87 bits per heavy atom. The first kappa shape index (κ1) is 17.7. The van der Waals surface area contributed by atoms with E-state index in [9.17, 15) is 18.0 Å². The highest BCUT2D eigenvalue weighted by molar-refractivity contribution is 7.90. The Bertz CT molecular complexity index is 725. The van der Waals surface area contributed by atoms with E-state index in [0.29, 0.717) is 25.9 Å². The van der Waals surface area contributed by atoms with E-state index in [1.165, 1.54) is 25.1 Å². The predicted molar refractivity (Wildman–Crippen MR) is 87.3 cm³/mol. The van der Waals surface area contributed by atoms with Crippen molar-refractivity contribution < 1.29 is 18.0 Å². The SMILES string of the molecule is CC(=O)N1CCC(NC(=O)c2ccc(Cl)c(S(C)(=O)=O)c2)CC1. The van der Waals surface area contributed by atoms with E-state index in [1.54, 1.807) is 4.90 Å². The molecule has 1 fully saturated rings. The van der Waals surface area contributed by atoms with Gasteiger partial charge in [-0.3, -0.25) is 9.59 Å². The van der Waals surface area contributed by atoms with E-state index in [4.69, 9.17) is 11.6 Å². The van der Waals surface area contributed by atoms with Crippen LogP contribution in [0.25, 0.3) is 0 Å². The van der Waals surface area contributed by atoms with Gasteiger partial charge in [-0.15, -0.1) is 0 Å². The third-order valence-corrected chi connectivity index (χ3v) is 5.45. The summed E-state index contributed by atoms with van der Waals surface area (Å²) in [6.45, 7) is 2.74. The lowest BCUT2D eigenvalue weighted by Gasteiger charge is -2.31. The molecule has 0 spiro atoms. The van der Waals surface area contributed by atoms with Crippen LogP contribution in [0.5, 0.6) is 0 Å². The lowest BCUT2D eigenvalue weighted by atomic mass is 10.0. The number of amides is 2. The molecule has 0 aliphatic carbocycles. The molecule has 1 heterocycles. The van der Waals surface area contributed by atoms with Crippen molar-refractivity contribution in [2.24, 2.45) is 0 Å². The third-order valence-electron chi connectivity index (χ3n) is 3.87. The maximum absolute atomic E-state index is 12.3.